The number of halogens is 2. The first-order chi connectivity index (χ1) is 14.4. The molecule has 5 rings (SSSR count). The first kappa shape index (κ1) is 27.9. The van der Waals surface area contributed by atoms with Crippen molar-refractivity contribution in [3.05, 3.63) is 143 Å². The van der Waals surface area contributed by atoms with Crippen LogP contribution in [0, 0.1) is 6.07 Å². The van der Waals surface area contributed by atoms with Gasteiger partial charge < -0.3 is 29.9 Å². The van der Waals surface area contributed by atoms with Crippen LogP contribution in [0.4, 0.5) is 0 Å². The second kappa shape index (κ2) is 14.1. The molecule has 1 nitrogen and oxygen atoms in total. The molecule has 1 aliphatic carbocycles. The molecule has 1 aliphatic rings. The van der Waals surface area contributed by atoms with E-state index in [1.54, 1.807) is 0 Å². The molecule has 0 bridgehead atoms. The molecule has 159 valence electrons. The maximum Gasteiger partial charge on any atom is 3.00 e. The molecule has 4 aromatic carbocycles. The van der Waals surface area contributed by atoms with Crippen LogP contribution < -0.4 is 24.8 Å². The molecule has 1 unspecified atom stereocenters. The predicted molar refractivity (Wildman–Crippen MR) is 120 cm³/mol. The Hall–Kier alpha value is -2.13. The van der Waals surface area contributed by atoms with Gasteiger partial charge >= 0.3 is 21.7 Å². The fourth-order valence-corrected chi connectivity index (χ4v) is 3.71. The minimum absolute atomic E-state index is 0. The summed E-state index contributed by atoms with van der Waals surface area (Å²) in [6.45, 7) is 0.140. The Morgan fingerprint density at radius 2 is 1.28 bits per heavy atom. The van der Waals surface area contributed by atoms with Crippen LogP contribution >= 0.6 is 0 Å². The van der Waals surface area contributed by atoms with Crippen molar-refractivity contribution in [3.8, 4) is 0 Å². The van der Waals surface area contributed by atoms with E-state index in [-0.39, 0.29) is 59.1 Å². The third kappa shape index (κ3) is 6.69. The number of aliphatic hydroxyl groups excluding tert-OH is 1. The van der Waals surface area contributed by atoms with Gasteiger partial charge in [-0.25, -0.2) is 0 Å². The summed E-state index contributed by atoms with van der Waals surface area (Å²) in [5, 5.41) is 8.54. The SMILES string of the molecule is OCc1ccccc1.[Cl-].[Cl-].[Ti+3].[c-]1ccccc1C1C(c2ccccc2)=Cc2ccccc21. The third-order valence-corrected chi connectivity index (χ3v) is 5.11. The number of fused-ring (bicyclic) bond motifs is 1. The van der Waals surface area contributed by atoms with Gasteiger partial charge in [-0.3, -0.25) is 0 Å². The van der Waals surface area contributed by atoms with E-state index in [1.807, 2.05) is 42.5 Å². The van der Waals surface area contributed by atoms with Gasteiger partial charge in [0.05, 0.1) is 6.61 Å². The fraction of sp³-hybridized carbons (Fsp3) is 0.0714. The summed E-state index contributed by atoms with van der Waals surface area (Å²) in [6, 6.07) is 40.5. The molecule has 1 atom stereocenters. The molecule has 4 heteroatoms. The predicted octanol–water partition coefficient (Wildman–Crippen LogP) is 0.357. The van der Waals surface area contributed by atoms with Gasteiger partial charge in [0.2, 0.25) is 0 Å². The van der Waals surface area contributed by atoms with Crippen LogP contribution in [0.25, 0.3) is 11.6 Å². The molecule has 1 radical (unpaired) electrons. The van der Waals surface area contributed by atoms with Crippen LogP contribution in [0.15, 0.2) is 109 Å². The van der Waals surface area contributed by atoms with Gasteiger partial charge in [0.15, 0.2) is 0 Å². The van der Waals surface area contributed by atoms with Crippen LogP contribution in [0.2, 0.25) is 0 Å². The van der Waals surface area contributed by atoms with Crippen molar-refractivity contribution in [2.24, 2.45) is 0 Å². The van der Waals surface area contributed by atoms with Gasteiger partial charge in [-0.2, -0.15) is 35.9 Å². The monoisotopic (exact) mass is 493 g/mol. The molecule has 0 aliphatic heterocycles. The van der Waals surface area contributed by atoms with E-state index in [1.165, 1.54) is 27.8 Å². The molecule has 4 aromatic rings. The number of hydrogen-bond donors (Lipinski definition) is 1. The first-order valence-electron chi connectivity index (χ1n) is 9.84. The summed E-state index contributed by atoms with van der Waals surface area (Å²) in [6.07, 6.45) is 2.32. The van der Waals surface area contributed by atoms with Crippen LogP contribution in [0.3, 0.4) is 0 Å². The van der Waals surface area contributed by atoms with E-state index in [0.29, 0.717) is 0 Å². The third-order valence-electron chi connectivity index (χ3n) is 5.11. The van der Waals surface area contributed by atoms with Crippen molar-refractivity contribution in [1.29, 1.82) is 0 Å². The van der Waals surface area contributed by atoms with Crippen molar-refractivity contribution >= 4 is 11.6 Å². The first-order valence-corrected chi connectivity index (χ1v) is 9.84. The van der Waals surface area contributed by atoms with E-state index in [0.717, 1.165) is 5.56 Å². The van der Waals surface area contributed by atoms with Crippen molar-refractivity contribution in [2.45, 2.75) is 12.5 Å². The largest absolute Gasteiger partial charge is 3.00 e. The van der Waals surface area contributed by atoms with Gasteiger partial charge in [-0.15, -0.1) is 0 Å². The molecular weight excluding hydrogens is 471 g/mol. The second-order valence-electron chi connectivity index (χ2n) is 6.99. The molecule has 32 heavy (non-hydrogen) atoms. The number of benzene rings is 4. The Balaban J connectivity index is 0.000000402. The quantitative estimate of drug-likeness (QED) is 0.322. The maximum atomic E-state index is 8.54. The van der Waals surface area contributed by atoms with Crippen LogP contribution in [0.1, 0.15) is 33.7 Å². The smallest absolute Gasteiger partial charge is 1.00 e. The maximum absolute atomic E-state index is 8.54. The van der Waals surface area contributed by atoms with Crippen LogP contribution in [-0.2, 0) is 28.3 Å². The summed E-state index contributed by atoms with van der Waals surface area (Å²) in [7, 11) is 0. The summed E-state index contributed by atoms with van der Waals surface area (Å²) in [5.74, 6) is 0.282. The van der Waals surface area contributed by atoms with Gasteiger partial charge in [0.1, 0.15) is 0 Å². The molecular formula is C28H23Cl2OTi. The van der Waals surface area contributed by atoms with E-state index in [2.05, 4.69) is 78.9 Å². The fourth-order valence-electron chi connectivity index (χ4n) is 3.71. The van der Waals surface area contributed by atoms with Crippen molar-refractivity contribution in [1.82, 2.24) is 0 Å². The Morgan fingerprint density at radius 1 is 0.688 bits per heavy atom. The summed E-state index contributed by atoms with van der Waals surface area (Å²) >= 11 is 0. The number of rotatable bonds is 3. The van der Waals surface area contributed by atoms with Gasteiger partial charge in [-0.1, -0.05) is 84.9 Å². The molecule has 0 heterocycles. The number of hydrogen-bond acceptors (Lipinski definition) is 1. The molecule has 0 saturated carbocycles. The van der Waals surface area contributed by atoms with Crippen molar-refractivity contribution in [2.75, 3.05) is 0 Å². The minimum Gasteiger partial charge on any atom is -1.00 e. The van der Waals surface area contributed by atoms with E-state index in [4.69, 9.17) is 5.11 Å². The van der Waals surface area contributed by atoms with Gasteiger partial charge in [0.25, 0.3) is 0 Å². The standard InChI is InChI=1S/C21H15.C7H8O.2ClH.Ti/c1-3-9-16(10-4-1)20-15-18-13-7-8-14-19(18)21(20)17-11-5-2-6-12-17;8-6-7-4-2-1-3-5-7;;;/h1-11,13-15,21H;1-5,8H,6H2;2*1H;/q-1;;;;+3/p-2. The van der Waals surface area contributed by atoms with E-state index in [9.17, 15) is 0 Å². The van der Waals surface area contributed by atoms with Gasteiger partial charge in [0, 0.05) is 5.92 Å². The summed E-state index contributed by atoms with van der Waals surface area (Å²) in [4.78, 5) is 0. The Morgan fingerprint density at radius 3 is 1.88 bits per heavy atom. The van der Waals surface area contributed by atoms with E-state index < -0.39 is 0 Å². The molecule has 1 N–H and O–H groups in total. The Bertz CT molecular complexity index is 1080. The number of allylic oxidation sites excluding steroid dienone is 1. The van der Waals surface area contributed by atoms with E-state index >= 15 is 0 Å². The average molecular weight is 494 g/mol. The molecule has 0 fully saturated rings. The van der Waals surface area contributed by atoms with Crippen molar-refractivity contribution in [3.63, 3.8) is 0 Å². The molecule has 0 amide bonds. The molecule has 0 saturated heterocycles. The Kier molecular flexibility index (Phi) is 12.3. The average Bonchev–Trinajstić information content (AvgIpc) is 3.21. The minimum atomic E-state index is 0. The molecule has 0 aromatic heterocycles. The van der Waals surface area contributed by atoms with Gasteiger partial charge in [-0.05, 0) is 33.9 Å². The zero-order valence-corrected chi connectivity index (χ0v) is 20.5. The van der Waals surface area contributed by atoms with Crippen LogP contribution in [-0.4, -0.2) is 5.11 Å². The zero-order valence-electron chi connectivity index (χ0n) is 17.5. The topological polar surface area (TPSA) is 20.2 Å². The second-order valence-corrected chi connectivity index (χ2v) is 6.99. The van der Waals surface area contributed by atoms with Crippen molar-refractivity contribution < 1.29 is 51.6 Å². The zero-order chi connectivity index (χ0) is 19.9. The summed E-state index contributed by atoms with van der Waals surface area (Å²) < 4.78 is 0. The summed E-state index contributed by atoms with van der Waals surface area (Å²) in [5.41, 5.74) is 7.54. The number of aliphatic hydroxyl groups is 1. The molecule has 0 spiro atoms. The normalized spacial score (nSPS) is 13.0. The van der Waals surface area contributed by atoms with Crippen LogP contribution in [0.5, 0.6) is 0 Å². The Labute approximate surface area is 217 Å².